The van der Waals surface area contributed by atoms with Crippen molar-refractivity contribution in [2.24, 2.45) is 0 Å². The van der Waals surface area contributed by atoms with Crippen LogP contribution in [0.15, 0.2) is 18.2 Å². The van der Waals surface area contributed by atoms with Gasteiger partial charge in [-0.1, -0.05) is 19.1 Å². The van der Waals surface area contributed by atoms with Crippen LogP contribution in [0.1, 0.15) is 37.9 Å². The number of hydrogen-bond acceptors (Lipinski definition) is 5. The molecular formula is C19H27N3O5. The first-order chi connectivity index (χ1) is 13.0. The fourth-order valence-corrected chi connectivity index (χ4v) is 3.76. The molecule has 1 heterocycles. The number of nitrogens with one attached hydrogen (secondary N) is 2. The Balaban J connectivity index is 1.53. The Hall–Kier alpha value is -2.32. The van der Waals surface area contributed by atoms with Crippen molar-refractivity contribution in [2.75, 3.05) is 32.1 Å². The molecule has 1 saturated carbocycles. The molecule has 2 amide bonds. The highest BCUT2D eigenvalue weighted by Crippen LogP contribution is 2.39. The zero-order valence-corrected chi connectivity index (χ0v) is 15.7. The molecule has 1 atom stereocenters. The molecule has 1 aromatic carbocycles. The van der Waals surface area contributed by atoms with Crippen molar-refractivity contribution in [1.29, 1.82) is 0 Å². The number of benzene rings is 1. The van der Waals surface area contributed by atoms with Gasteiger partial charge in [-0.05, 0) is 25.5 Å². The average Bonchev–Trinajstić information content (AvgIpc) is 2.62. The van der Waals surface area contributed by atoms with E-state index in [-0.39, 0.29) is 30.8 Å². The van der Waals surface area contributed by atoms with E-state index in [9.17, 15) is 9.59 Å². The highest BCUT2D eigenvalue weighted by atomic mass is 16.5. The second-order valence-electron chi connectivity index (χ2n) is 6.96. The van der Waals surface area contributed by atoms with Crippen LogP contribution in [0.4, 0.5) is 10.5 Å². The van der Waals surface area contributed by atoms with Crippen LogP contribution in [0.2, 0.25) is 0 Å². The summed E-state index contributed by atoms with van der Waals surface area (Å²) in [6, 6.07) is 5.60. The summed E-state index contributed by atoms with van der Waals surface area (Å²) in [5.74, 6) is -0.162. The number of ether oxygens (including phenoxy) is 2. The van der Waals surface area contributed by atoms with E-state index in [1.54, 1.807) is 7.11 Å². The molecule has 1 fully saturated rings. The molecule has 3 rings (SSSR count). The normalized spacial score (nSPS) is 23.7. The number of carboxylic acid groups (broad SMARTS) is 1. The van der Waals surface area contributed by atoms with Crippen LogP contribution >= 0.6 is 0 Å². The molecule has 8 heteroatoms. The highest BCUT2D eigenvalue weighted by Gasteiger charge is 2.35. The lowest BCUT2D eigenvalue weighted by molar-refractivity contribution is -0.139. The van der Waals surface area contributed by atoms with Gasteiger partial charge in [0, 0.05) is 31.2 Å². The van der Waals surface area contributed by atoms with E-state index >= 15 is 0 Å². The second kappa shape index (κ2) is 8.58. The molecule has 0 bridgehead atoms. The largest absolute Gasteiger partial charge is 0.491 e. The Bertz CT molecular complexity index is 690. The first-order valence-electron chi connectivity index (χ1n) is 9.33. The van der Waals surface area contributed by atoms with Gasteiger partial charge in [0.2, 0.25) is 0 Å². The van der Waals surface area contributed by atoms with Gasteiger partial charge in [-0.15, -0.1) is 0 Å². The number of fused-ring (bicyclic) bond motifs is 1. The van der Waals surface area contributed by atoms with E-state index in [1.807, 2.05) is 30.0 Å². The van der Waals surface area contributed by atoms with Crippen molar-refractivity contribution >= 4 is 17.7 Å². The molecule has 27 heavy (non-hydrogen) atoms. The third-order valence-corrected chi connectivity index (χ3v) is 5.26. The lowest BCUT2D eigenvalue weighted by atomic mass is 9.85. The van der Waals surface area contributed by atoms with Crippen LogP contribution in [0, 0.1) is 0 Å². The minimum atomic E-state index is -0.825. The van der Waals surface area contributed by atoms with Crippen molar-refractivity contribution in [3.05, 3.63) is 23.8 Å². The molecule has 0 saturated heterocycles. The van der Waals surface area contributed by atoms with Gasteiger partial charge < -0.3 is 25.2 Å². The number of likely N-dealkylation sites (N-methyl/N-ethyl adjacent to an activating group) is 1. The third kappa shape index (κ3) is 4.51. The van der Waals surface area contributed by atoms with Gasteiger partial charge in [-0.2, -0.15) is 0 Å². The molecular weight excluding hydrogens is 350 g/mol. The molecule has 2 aliphatic rings. The van der Waals surface area contributed by atoms with Crippen LogP contribution in [-0.4, -0.2) is 60.9 Å². The maximum absolute atomic E-state index is 12.4. The van der Waals surface area contributed by atoms with Gasteiger partial charge in [0.1, 0.15) is 5.75 Å². The minimum Gasteiger partial charge on any atom is -0.491 e. The number of amides is 2. The summed E-state index contributed by atoms with van der Waals surface area (Å²) in [4.78, 5) is 25.2. The standard InChI is InChI=1S/C19H27N3O5/c1-3-22(11-17(23)24)13-9-12(10-13)20-19(25)21-15-6-4-5-14-16(26-2)7-8-27-18(14)15/h4-6,12-13,16H,3,7-11H2,1-2H3,(H,23,24)(H2,20,21,25). The predicted octanol–water partition coefficient (Wildman–Crippen LogP) is 2.22. The summed E-state index contributed by atoms with van der Waals surface area (Å²) in [5, 5.41) is 14.8. The van der Waals surface area contributed by atoms with Gasteiger partial charge in [0.05, 0.1) is 24.9 Å². The fraction of sp³-hybridized carbons (Fsp3) is 0.579. The van der Waals surface area contributed by atoms with Crippen molar-refractivity contribution in [3.8, 4) is 5.75 Å². The number of urea groups is 1. The summed E-state index contributed by atoms with van der Waals surface area (Å²) >= 11 is 0. The van der Waals surface area contributed by atoms with Crippen molar-refractivity contribution in [2.45, 2.75) is 44.4 Å². The van der Waals surface area contributed by atoms with E-state index in [4.69, 9.17) is 14.6 Å². The Labute approximate surface area is 158 Å². The predicted molar refractivity (Wildman–Crippen MR) is 100 cm³/mol. The number of methoxy groups -OCH3 is 1. The smallest absolute Gasteiger partial charge is 0.319 e. The van der Waals surface area contributed by atoms with E-state index in [2.05, 4.69) is 10.6 Å². The maximum atomic E-state index is 12.4. The number of anilines is 1. The summed E-state index contributed by atoms with van der Waals surface area (Å²) in [6.45, 7) is 3.22. The van der Waals surface area contributed by atoms with Gasteiger partial charge in [-0.3, -0.25) is 9.69 Å². The number of hydrogen-bond donors (Lipinski definition) is 3. The molecule has 8 nitrogen and oxygen atoms in total. The molecule has 0 aromatic heterocycles. The first kappa shape index (κ1) is 19.4. The molecule has 1 aliphatic carbocycles. The number of carboxylic acids is 1. The SMILES string of the molecule is CCN(CC(=O)O)C1CC(NC(=O)Nc2cccc3c2OCCC3OC)C1. The summed E-state index contributed by atoms with van der Waals surface area (Å²) in [7, 11) is 1.67. The minimum absolute atomic E-state index is 0.0276. The highest BCUT2D eigenvalue weighted by molar-refractivity contribution is 5.91. The van der Waals surface area contributed by atoms with Gasteiger partial charge in [0.15, 0.2) is 0 Å². The van der Waals surface area contributed by atoms with Crippen LogP contribution in [0.25, 0.3) is 0 Å². The maximum Gasteiger partial charge on any atom is 0.319 e. The summed E-state index contributed by atoms with van der Waals surface area (Å²) in [6.07, 6.45) is 2.26. The molecule has 148 valence electrons. The number of para-hydroxylation sites is 1. The molecule has 1 aromatic rings. The number of carbonyl (C=O) groups excluding carboxylic acids is 1. The topological polar surface area (TPSA) is 100 Å². The Morgan fingerprint density at radius 1 is 1.37 bits per heavy atom. The first-order valence-corrected chi connectivity index (χ1v) is 9.33. The molecule has 1 aliphatic heterocycles. The zero-order chi connectivity index (χ0) is 19.4. The zero-order valence-electron chi connectivity index (χ0n) is 15.7. The Morgan fingerprint density at radius 3 is 2.81 bits per heavy atom. The van der Waals surface area contributed by atoms with Gasteiger partial charge in [0.25, 0.3) is 0 Å². The summed E-state index contributed by atoms with van der Waals surface area (Å²) < 4.78 is 11.2. The number of aliphatic carboxylic acids is 1. The molecule has 1 unspecified atom stereocenters. The van der Waals surface area contributed by atoms with Gasteiger partial charge >= 0.3 is 12.0 Å². The number of rotatable bonds is 7. The fourth-order valence-electron chi connectivity index (χ4n) is 3.76. The third-order valence-electron chi connectivity index (χ3n) is 5.26. The Morgan fingerprint density at radius 2 is 2.15 bits per heavy atom. The van der Waals surface area contributed by atoms with E-state index in [0.29, 0.717) is 24.6 Å². The number of nitrogens with zero attached hydrogens (tertiary/aromatic N) is 1. The molecule has 0 spiro atoms. The molecule has 3 N–H and O–H groups in total. The van der Waals surface area contributed by atoms with Crippen LogP contribution < -0.4 is 15.4 Å². The van der Waals surface area contributed by atoms with E-state index < -0.39 is 5.97 Å². The lowest BCUT2D eigenvalue weighted by Crippen LogP contribution is -2.55. The van der Waals surface area contributed by atoms with Crippen LogP contribution in [-0.2, 0) is 9.53 Å². The Kier molecular flexibility index (Phi) is 6.18. The van der Waals surface area contributed by atoms with Crippen molar-refractivity contribution in [1.82, 2.24) is 10.2 Å². The van der Waals surface area contributed by atoms with E-state index in [0.717, 1.165) is 24.8 Å². The van der Waals surface area contributed by atoms with Crippen LogP contribution in [0.3, 0.4) is 0 Å². The lowest BCUT2D eigenvalue weighted by Gasteiger charge is -2.42. The quantitative estimate of drug-likeness (QED) is 0.674. The van der Waals surface area contributed by atoms with Crippen molar-refractivity contribution in [3.63, 3.8) is 0 Å². The monoisotopic (exact) mass is 377 g/mol. The molecule has 0 radical (unpaired) electrons. The second-order valence-corrected chi connectivity index (χ2v) is 6.96. The van der Waals surface area contributed by atoms with E-state index in [1.165, 1.54) is 0 Å². The van der Waals surface area contributed by atoms with Crippen LogP contribution in [0.5, 0.6) is 5.75 Å². The average molecular weight is 377 g/mol. The van der Waals surface area contributed by atoms with Gasteiger partial charge in [-0.25, -0.2) is 4.79 Å². The number of carbonyl (C=O) groups is 2. The summed E-state index contributed by atoms with van der Waals surface area (Å²) in [5.41, 5.74) is 1.57. The van der Waals surface area contributed by atoms with Crippen molar-refractivity contribution < 1.29 is 24.2 Å².